The monoisotopic (exact) mass is 368 g/mol. The third-order valence-corrected chi connectivity index (χ3v) is 3.96. The molecule has 0 atom stereocenters. The highest BCUT2D eigenvalue weighted by atomic mass is 19.1. The molecule has 1 aromatic heterocycles. The van der Waals surface area contributed by atoms with E-state index in [0.717, 1.165) is 11.3 Å². The van der Waals surface area contributed by atoms with E-state index in [1.807, 2.05) is 43.3 Å². The zero-order valence-corrected chi connectivity index (χ0v) is 15.2. The zero-order chi connectivity index (χ0) is 19.2. The van der Waals surface area contributed by atoms with Crippen molar-refractivity contribution in [1.29, 1.82) is 0 Å². The molecular weight excluding hydrogens is 347 g/mol. The van der Waals surface area contributed by atoms with E-state index in [2.05, 4.69) is 10.4 Å². The highest BCUT2D eigenvalue weighted by Gasteiger charge is 2.10. The molecule has 0 fully saturated rings. The molecule has 0 spiro atoms. The van der Waals surface area contributed by atoms with E-state index in [4.69, 9.17) is 4.74 Å². The summed E-state index contributed by atoms with van der Waals surface area (Å²) in [5.41, 5.74) is 2.17. The molecule has 0 aliphatic heterocycles. The first kappa shape index (κ1) is 18.4. The minimum absolute atomic E-state index is 0.0436. The van der Waals surface area contributed by atoms with Crippen LogP contribution in [0.5, 0.6) is 5.75 Å². The van der Waals surface area contributed by atoms with Crippen molar-refractivity contribution >= 4 is 17.4 Å². The standard InChI is InChI=1S/C20H21FN4O2/c1-24(2)16-9-7-15(8-10-16)13-25-19(11-12-22-25)23-20(26)14-27-18-6-4-3-5-17(18)21/h3-12H,13-14H2,1-2H3,(H,23,26). The molecule has 0 saturated heterocycles. The van der Waals surface area contributed by atoms with Crippen LogP contribution in [-0.2, 0) is 11.3 Å². The second kappa shape index (κ2) is 8.35. The molecule has 3 rings (SSSR count). The molecule has 0 radical (unpaired) electrons. The lowest BCUT2D eigenvalue weighted by atomic mass is 10.2. The van der Waals surface area contributed by atoms with E-state index in [0.29, 0.717) is 12.4 Å². The minimum atomic E-state index is -0.503. The highest BCUT2D eigenvalue weighted by Crippen LogP contribution is 2.17. The largest absolute Gasteiger partial charge is 0.481 e. The first-order chi connectivity index (χ1) is 13.0. The normalized spacial score (nSPS) is 10.5. The van der Waals surface area contributed by atoms with Crippen LogP contribution in [0.1, 0.15) is 5.56 Å². The summed E-state index contributed by atoms with van der Waals surface area (Å²) in [6, 6.07) is 15.8. The van der Waals surface area contributed by atoms with Crippen LogP contribution in [0.3, 0.4) is 0 Å². The van der Waals surface area contributed by atoms with Crippen LogP contribution in [0.15, 0.2) is 60.8 Å². The quantitative estimate of drug-likeness (QED) is 0.696. The van der Waals surface area contributed by atoms with E-state index in [-0.39, 0.29) is 18.3 Å². The number of halogens is 1. The Bertz CT molecular complexity index is 906. The van der Waals surface area contributed by atoms with E-state index >= 15 is 0 Å². The summed E-state index contributed by atoms with van der Waals surface area (Å²) in [5.74, 6) is -0.296. The van der Waals surface area contributed by atoms with E-state index in [1.165, 1.54) is 12.1 Å². The van der Waals surface area contributed by atoms with Gasteiger partial charge in [0.2, 0.25) is 0 Å². The molecular formula is C20H21FN4O2. The number of nitrogens with zero attached hydrogens (tertiary/aromatic N) is 3. The van der Waals surface area contributed by atoms with Crippen molar-refractivity contribution in [3.05, 3.63) is 72.2 Å². The summed E-state index contributed by atoms with van der Waals surface area (Å²) in [6.07, 6.45) is 1.61. The van der Waals surface area contributed by atoms with Gasteiger partial charge in [0.15, 0.2) is 18.2 Å². The summed E-state index contributed by atoms with van der Waals surface area (Å²) >= 11 is 0. The van der Waals surface area contributed by atoms with Gasteiger partial charge in [0, 0.05) is 25.8 Å². The predicted octanol–water partition coefficient (Wildman–Crippen LogP) is 3.15. The van der Waals surface area contributed by atoms with Crippen molar-refractivity contribution in [2.75, 3.05) is 30.9 Å². The first-order valence-electron chi connectivity index (χ1n) is 8.48. The second-order valence-corrected chi connectivity index (χ2v) is 6.20. The van der Waals surface area contributed by atoms with Gasteiger partial charge in [-0.3, -0.25) is 4.79 Å². The van der Waals surface area contributed by atoms with Crippen molar-refractivity contribution < 1.29 is 13.9 Å². The average Bonchev–Trinajstić information content (AvgIpc) is 3.08. The Labute approximate surface area is 157 Å². The Hall–Kier alpha value is -3.35. The summed E-state index contributed by atoms with van der Waals surface area (Å²) in [6.45, 7) is 0.230. The number of benzene rings is 2. The van der Waals surface area contributed by atoms with Crippen molar-refractivity contribution in [1.82, 2.24) is 9.78 Å². The number of anilines is 2. The number of nitrogens with one attached hydrogen (secondary N) is 1. The second-order valence-electron chi connectivity index (χ2n) is 6.20. The van der Waals surface area contributed by atoms with Gasteiger partial charge in [0.25, 0.3) is 5.91 Å². The van der Waals surface area contributed by atoms with Gasteiger partial charge in [0.1, 0.15) is 5.82 Å². The Morgan fingerprint density at radius 2 is 1.89 bits per heavy atom. The maximum atomic E-state index is 13.5. The van der Waals surface area contributed by atoms with Gasteiger partial charge in [-0.1, -0.05) is 24.3 Å². The molecule has 1 amide bonds. The fourth-order valence-electron chi connectivity index (χ4n) is 2.52. The summed E-state index contributed by atoms with van der Waals surface area (Å²) in [5, 5.41) is 6.98. The number of ether oxygens (including phenoxy) is 1. The van der Waals surface area contributed by atoms with Crippen LogP contribution < -0.4 is 15.0 Å². The summed E-state index contributed by atoms with van der Waals surface area (Å²) in [4.78, 5) is 14.1. The number of aromatic nitrogens is 2. The third kappa shape index (κ3) is 4.84. The highest BCUT2D eigenvalue weighted by molar-refractivity contribution is 5.91. The molecule has 0 aliphatic rings. The van der Waals surface area contributed by atoms with Crippen molar-refractivity contribution in [3.8, 4) is 5.75 Å². The Morgan fingerprint density at radius 3 is 2.59 bits per heavy atom. The van der Waals surface area contributed by atoms with Gasteiger partial charge in [-0.2, -0.15) is 5.10 Å². The van der Waals surface area contributed by atoms with Gasteiger partial charge in [-0.25, -0.2) is 9.07 Å². The third-order valence-electron chi connectivity index (χ3n) is 3.96. The maximum absolute atomic E-state index is 13.5. The molecule has 0 bridgehead atoms. The molecule has 2 aromatic carbocycles. The predicted molar refractivity (Wildman–Crippen MR) is 103 cm³/mol. The topological polar surface area (TPSA) is 59.4 Å². The maximum Gasteiger partial charge on any atom is 0.263 e. The van der Waals surface area contributed by atoms with Crippen LogP contribution in [-0.4, -0.2) is 36.4 Å². The SMILES string of the molecule is CN(C)c1ccc(Cn2nccc2NC(=O)COc2ccccc2F)cc1. The van der Waals surface area contributed by atoms with E-state index < -0.39 is 5.82 Å². The molecule has 0 unspecified atom stereocenters. The Balaban J connectivity index is 1.59. The first-order valence-corrected chi connectivity index (χ1v) is 8.48. The van der Waals surface area contributed by atoms with E-state index in [9.17, 15) is 9.18 Å². The lowest BCUT2D eigenvalue weighted by Crippen LogP contribution is -2.22. The van der Waals surface area contributed by atoms with Crippen LogP contribution in [0.25, 0.3) is 0 Å². The van der Waals surface area contributed by atoms with Crippen LogP contribution >= 0.6 is 0 Å². The van der Waals surface area contributed by atoms with Crippen LogP contribution in [0, 0.1) is 5.82 Å². The van der Waals surface area contributed by atoms with Gasteiger partial charge in [-0.05, 0) is 29.8 Å². The number of hydrogen-bond donors (Lipinski definition) is 1. The Morgan fingerprint density at radius 1 is 1.15 bits per heavy atom. The van der Waals surface area contributed by atoms with Gasteiger partial charge in [0.05, 0.1) is 12.7 Å². The Kier molecular flexibility index (Phi) is 5.71. The number of para-hydroxylation sites is 1. The number of rotatable bonds is 7. The average molecular weight is 368 g/mol. The van der Waals surface area contributed by atoms with Gasteiger partial charge >= 0.3 is 0 Å². The van der Waals surface area contributed by atoms with Crippen LogP contribution in [0.4, 0.5) is 15.9 Å². The fraction of sp³-hybridized carbons (Fsp3) is 0.200. The number of hydrogen-bond acceptors (Lipinski definition) is 4. The molecule has 1 heterocycles. The van der Waals surface area contributed by atoms with Crippen molar-refractivity contribution in [2.45, 2.75) is 6.54 Å². The van der Waals surface area contributed by atoms with Gasteiger partial charge in [-0.15, -0.1) is 0 Å². The summed E-state index contributed by atoms with van der Waals surface area (Å²) in [7, 11) is 3.97. The molecule has 3 aromatic rings. The number of carbonyl (C=O) groups excluding carboxylic acids is 1. The number of carbonyl (C=O) groups is 1. The number of amides is 1. The molecule has 0 saturated carbocycles. The van der Waals surface area contributed by atoms with Crippen molar-refractivity contribution in [3.63, 3.8) is 0 Å². The molecule has 0 aliphatic carbocycles. The minimum Gasteiger partial charge on any atom is -0.481 e. The van der Waals surface area contributed by atoms with Crippen LogP contribution in [0.2, 0.25) is 0 Å². The molecule has 6 nitrogen and oxygen atoms in total. The molecule has 7 heteroatoms. The molecule has 1 N–H and O–H groups in total. The molecule has 140 valence electrons. The summed E-state index contributed by atoms with van der Waals surface area (Å²) < 4.78 is 20.4. The van der Waals surface area contributed by atoms with E-state index in [1.54, 1.807) is 29.1 Å². The smallest absolute Gasteiger partial charge is 0.263 e. The lowest BCUT2D eigenvalue weighted by molar-refractivity contribution is -0.118. The molecule has 27 heavy (non-hydrogen) atoms. The van der Waals surface area contributed by atoms with Gasteiger partial charge < -0.3 is 15.0 Å². The fourth-order valence-corrected chi connectivity index (χ4v) is 2.52. The zero-order valence-electron chi connectivity index (χ0n) is 15.2. The lowest BCUT2D eigenvalue weighted by Gasteiger charge is -2.13. The van der Waals surface area contributed by atoms with Crippen molar-refractivity contribution in [2.24, 2.45) is 0 Å².